The second kappa shape index (κ2) is 7.54. The minimum atomic E-state index is -4.66. The van der Waals surface area contributed by atoms with Crippen molar-refractivity contribution < 1.29 is 32.0 Å². The van der Waals surface area contributed by atoms with Gasteiger partial charge in [-0.2, -0.15) is 18.2 Å². The molecule has 2 rings (SSSR count). The van der Waals surface area contributed by atoms with E-state index in [1.165, 1.54) is 0 Å². The third kappa shape index (κ3) is 5.26. The van der Waals surface area contributed by atoms with Gasteiger partial charge in [-0.25, -0.2) is 0 Å². The van der Waals surface area contributed by atoms with Crippen LogP contribution in [0.4, 0.5) is 13.2 Å². The van der Waals surface area contributed by atoms with Gasteiger partial charge in [0.2, 0.25) is 5.91 Å². The van der Waals surface area contributed by atoms with Crippen molar-refractivity contribution in [2.45, 2.75) is 31.5 Å². The van der Waals surface area contributed by atoms with Gasteiger partial charge < -0.3 is 19.3 Å². The van der Waals surface area contributed by atoms with Crippen molar-refractivity contribution in [2.75, 3.05) is 26.4 Å². The number of aromatic nitrogens is 2. The van der Waals surface area contributed by atoms with Crippen LogP contribution in [-0.2, 0) is 26.9 Å². The van der Waals surface area contributed by atoms with Crippen LogP contribution in [-0.4, -0.2) is 48.5 Å². The van der Waals surface area contributed by atoms with Crippen LogP contribution in [0.2, 0.25) is 0 Å². The van der Waals surface area contributed by atoms with Gasteiger partial charge in [0.1, 0.15) is 6.61 Å². The average molecular weight is 323 g/mol. The Morgan fingerprint density at radius 2 is 2.27 bits per heavy atom. The normalized spacial score (nSPS) is 18.6. The second-order valence-corrected chi connectivity index (χ2v) is 4.76. The monoisotopic (exact) mass is 323 g/mol. The van der Waals surface area contributed by atoms with Crippen LogP contribution in [0.5, 0.6) is 0 Å². The summed E-state index contributed by atoms with van der Waals surface area (Å²) in [7, 11) is 0. The molecule has 0 saturated carbocycles. The Hall–Kier alpha value is -1.68. The molecule has 1 aliphatic heterocycles. The van der Waals surface area contributed by atoms with Gasteiger partial charge in [0.05, 0.1) is 12.7 Å². The molecule has 0 radical (unpaired) electrons. The fourth-order valence-corrected chi connectivity index (χ4v) is 1.89. The van der Waals surface area contributed by atoms with E-state index in [1.54, 1.807) is 0 Å². The number of ether oxygens (including phenoxy) is 2. The predicted molar refractivity (Wildman–Crippen MR) is 65.8 cm³/mol. The van der Waals surface area contributed by atoms with Crippen LogP contribution in [0.15, 0.2) is 4.52 Å². The second-order valence-electron chi connectivity index (χ2n) is 4.76. The molecule has 0 aromatic carbocycles. The van der Waals surface area contributed by atoms with Crippen LogP contribution in [0.1, 0.15) is 24.6 Å². The van der Waals surface area contributed by atoms with Crippen molar-refractivity contribution in [3.8, 4) is 0 Å². The number of rotatable bonds is 7. The molecule has 1 atom stereocenters. The van der Waals surface area contributed by atoms with Gasteiger partial charge in [-0.15, -0.1) is 0 Å². The number of nitrogens with one attached hydrogen (secondary N) is 1. The maximum absolute atomic E-state index is 12.2. The van der Waals surface area contributed by atoms with Crippen molar-refractivity contribution in [3.05, 3.63) is 11.7 Å². The lowest BCUT2D eigenvalue weighted by Crippen LogP contribution is -2.30. The highest BCUT2D eigenvalue weighted by Gasteiger charge is 2.38. The maximum atomic E-state index is 12.2. The van der Waals surface area contributed by atoms with Crippen LogP contribution in [0.25, 0.3) is 0 Å². The van der Waals surface area contributed by atoms with Gasteiger partial charge in [0, 0.05) is 19.6 Å². The Kier molecular flexibility index (Phi) is 5.72. The van der Waals surface area contributed by atoms with Crippen molar-refractivity contribution >= 4 is 5.91 Å². The topological polar surface area (TPSA) is 86.5 Å². The van der Waals surface area contributed by atoms with Crippen molar-refractivity contribution in [1.29, 1.82) is 0 Å². The van der Waals surface area contributed by atoms with Crippen molar-refractivity contribution in [3.63, 3.8) is 0 Å². The minimum absolute atomic E-state index is 0.0351. The minimum Gasteiger partial charge on any atom is -0.376 e. The molecule has 1 aromatic heterocycles. The summed E-state index contributed by atoms with van der Waals surface area (Å²) in [6.07, 6.45) is -2.68. The summed E-state index contributed by atoms with van der Waals surface area (Å²) >= 11 is 0. The Labute approximate surface area is 124 Å². The Bertz CT molecular complexity index is 486. The summed E-state index contributed by atoms with van der Waals surface area (Å²) in [5.74, 6) is -1.88. The van der Waals surface area contributed by atoms with E-state index in [4.69, 9.17) is 9.47 Å². The first-order valence-corrected chi connectivity index (χ1v) is 6.81. The summed E-state index contributed by atoms with van der Waals surface area (Å²) < 4.78 is 51.3. The van der Waals surface area contributed by atoms with Gasteiger partial charge >= 0.3 is 12.1 Å². The standard InChI is InChI=1S/C12H16F3N3O4/c13-12(14,15)11-17-9(18-22-11)3-4-16-10(19)7-20-6-8-2-1-5-21-8/h8H,1-7H2,(H,16,19)/t8-/m0/s1. The molecule has 1 aromatic rings. The molecule has 1 amide bonds. The molecular weight excluding hydrogens is 307 g/mol. The first-order valence-electron chi connectivity index (χ1n) is 6.81. The molecule has 7 nitrogen and oxygen atoms in total. The van der Waals surface area contributed by atoms with E-state index in [0.29, 0.717) is 13.2 Å². The van der Waals surface area contributed by atoms with Crippen molar-refractivity contribution in [1.82, 2.24) is 15.5 Å². The van der Waals surface area contributed by atoms with Gasteiger partial charge in [-0.1, -0.05) is 5.16 Å². The zero-order valence-corrected chi connectivity index (χ0v) is 11.7. The molecule has 1 fully saturated rings. The first-order chi connectivity index (χ1) is 10.4. The van der Waals surface area contributed by atoms with Crippen LogP contribution in [0.3, 0.4) is 0 Å². The zero-order valence-electron chi connectivity index (χ0n) is 11.7. The quantitative estimate of drug-likeness (QED) is 0.804. The third-order valence-electron chi connectivity index (χ3n) is 2.94. The predicted octanol–water partition coefficient (Wildman–Crippen LogP) is 0.943. The summed E-state index contributed by atoms with van der Waals surface area (Å²) in [5.41, 5.74) is 0. The van der Waals surface area contributed by atoms with E-state index < -0.39 is 12.1 Å². The molecular formula is C12H16F3N3O4. The van der Waals surface area contributed by atoms with Gasteiger partial charge in [-0.05, 0) is 12.8 Å². The highest BCUT2D eigenvalue weighted by atomic mass is 19.4. The molecule has 124 valence electrons. The number of hydrogen-bond donors (Lipinski definition) is 1. The molecule has 10 heteroatoms. The molecule has 0 spiro atoms. The summed E-state index contributed by atoms with van der Waals surface area (Å²) in [6.45, 7) is 1.04. The molecule has 1 aliphatic rings. The number of carbonyl (C=O) groups is 1. The zero-order chi connectivity index (χ0) is 16.0. The molecule has 0 bridgehead atoms. The van der Waals surface area contributed by atoms with E-state index in [-0.39, 0.29) is 37.4 Å². The smallest absolute Gasteiger partial charge is 0.376 e. The molecule has 22 heavy (non-hydrogen) atoms. The highest BCUT2D eigenvalue weighted by molar-refractivity contribution is 5.77. The third-order valence-corrected chi connectivity index (χ3v) is 2.94. The van der Waals surface area contributed by atoms with Crippen LogP contribution in [0, 0.1) is 0 Å². The van der Waals surface area contributed by atoms with Gasteiger partial charge in [0.25, 0.3) is 0 Å². The Morgan fingerprint density at radius 1 is 1.45 bits per heavy atom. The van der Waals surface area contributed by atoms with E-state index in [0.717, 1.165) is 12.8 Å². The number of carbonyl (C=O) groups excluding carboxylic acids is 1. The number of hydrogen-bond acceptors (Lipinski definition) is 6. The largest absolute Gasteiger partial charge is 0.471 e. The molecule has 1 saturated heterocycles. The summed E-state index contributed by atoms with van der Waals surface area (Å²) in [4.78, 5) is 14.6. The van der Waals surface area contributed by atoms with Gasteiger partial charge in [0.15, 0.2) is 5.82 Å². The van der Waals surface area contributed by atoms with E-state index in [1.807, 2.05) is 0 Å². The van der Waals surface area contributed by atoms with E-state index in [2.05, 4.69) is 20.0 Å². The average Bonchev–Trinajstić information content (AvgIpc) is 3.09. The molecule has 0 aliphatic carbocycles. The van der Waals surface area contributed by atoms with Crippen molar-refractivity contribution in [2.24, 2.45) is 0 Å². The lowest BCUT2D eigenvalue weighted by molar-refractivity contribution is -0.159. The number of amides is 1. The SMILES string of the molecule is O=C(COC[C@@H]1CCCO1)NCCc1noc(C(F)(F)F)n1. The molecule has 0 unspecified atom stereocenters. The maximum Gasteiger partial charge on any atom is 0.471 e. The van der Waals surface area contributed by atoms with Crippen LogP contribution >= 0.6 is 0 Å². The lowest BCUT2D eigenvalue weighted by atomic mass is 10.2. The Balaban J connectivity index is 1.59. The van der Waals surface area contributed by atoms with E-state index in [9.17, 15) is 18.0 Å². The Morgan fingerprint density at radius 3 is 2.91 bits per heavy atom. The fraction of sp³-hybridized carbons (Fsp3) is 0.750. The summed E-state index contributed by atoms with van der Waals surface area (Å²) in [5, 5.41) is 5.69. The van der Waals surface area contributed by atoms with E-state index >= 15 is 0 Å². The number of halogens is 3. The number of alkyl halides is 3. The highest BCUT2D eigenvalue weighted by Crippen LogP contribution is 2.27. The molecule has 2 heterocycles. The first kappa shape index (κ1) is 16.7. The molecule has 1 N–H and O–H groups in total. The van der Waals surface area contributed by atoms with Gasteiger partial charge in [-0.3, -0.25) is 4.79 Å². The lowest BCUT2D eigenvalue weighted by Gasteiger charge is -2.09. The fourth-order valence-electron chi connectivity index (χ4n) is 1.89. The summed E-state index contributed by atoms with van der Waals surface area (Å²) in [6, 6.07) is 0. The van der Waals surface area contributed by atoms with Crippen LogP contribution < -0.4 is 5.32 Å². The number of nitrogens with zero attached hydrogens (tertiary/aromatic N) is 2.